The van der Waals surface area contributed by atoms with Crippen LogP contribution in [0.4, 0.5) is 4.79 Å². The van der Waals surface area contributed by atoms with Crippen LogP contribution in [0.5, 0.6) is 0 Å². The second-order valence-electron chi connectivity index (χ2n) is 5.11. The van der Waals surface area contributed by atoms with Crippen LogP contribution in [0.1, 0.15) is 27.9 Å². The quantitative estimate of drug-likeness (QED) is 0.761. The lowest BCUT2D eigenvalue weighted by molar-refractivity contribution is 0.0696. The van der Waals surface area contributed by atoms with Gasteiger partial charge < -0.3 is 15.2 Å². The summed E-state index contributed by atoms with van der Waals surface area (Å²) in [5.41, 5.74) is 1.99. The second kappa shape index (κ2) is 9.15. The van der Waals surface area contributed by atoms with Gasteiger partial charge in [0.25, 0.3) is 0 Å². The minimum atomic E-state index is -0.951. The summed E-state index contributed by atoms with van der Waals surface area (Å²) >= 11 is 0. The van der Waals surface area contributed by atoms with Crippen molar-refractivity contribution in [2.24, 2.45) is 0 Å². The van der Waals surface area contributed by atoms with Crippen LogP contribution >= 0.6 is 0 Å². The summed E-state index contributed by atoms with van der Waals surface area (Å²) in [5.74, 6) is -0.951. The lowest BCUT2D eigenvalue weighted by Crippen LogP contribution is -2.24. The summed E-state index contributed by atoms with van der Waals surface area (Å²) < 4.78 is 5.10. The molecule has 2 aromatic rings. The van der Waals surface area contributed by atoms with Gasteiger partial charge in [0.05, 0.1) is 5.56 Å². The highest BCUT2D eigenvalue weighted by molar-refractivity contribution is 5.88. The van der Waals surface area contributed by atoms with Gasteiger partial charge in [-0.25, -0.2) is 9.59 Å². The third-order valence-electron chi connectivity index (χ3n) is 3.24. The molecule has 0 radical (unpaired) electrons. The lowest BCUT2D eigenvalue weighted by atomic mass is 10.1. The van der Waals surface area contributed by atoms with Crippen LogP contribution in [-0.4, -0.2) is 23.7 Å². The van der Waals surface area contributed by atoms with Gasteiger partial charge in [0, 0.05) is 6.54 Å². The molecule has 0 saturated heterocycles. The zero-order chi connectivity index (χ0) is 17.2. The standard InChI is InChI=1S/C19H19NO4/c21-18(22)17-11-6-10-15(13-17)7-4-5-12-20-19(23)24-14-16-8-2-1-3-9-16/h1-4,6-11,13H,5,12,14H2,(H,20,23)(H,21,22). The second-order valence-corrected chi connectivity index (χ2v) is 5.11. The molecular weight excluding hydrogens is 306 g/mol. The van der Waals surface area contributed by atoms with Crippen molar-refractivity contribution in [2.75, 3.05) is 6.54 Å². The molecule has 1 amide bonds. The number of nitrogens with one attached hydrogen (secondary N) is 1. The SMILES string of the molecule is O=C(NCCC=Cc1cccc(C(=O)O)c1)OCc1ccccc1. The van der Waals surface area contributed by atoms with E-state index in [1.807, 2.05) is 48.6 Å². The first-order valence-electron chi connectivity index (χ1n) is 7.59. The highest BCUT2D eigenvalue weighted by atomic mass is 16.5. The molecule has 124 valence electrons. The Labute approximate surface area is 140 Å². The lowest BCUT2D eigenvalue weighted by Gasteiger charge is -2.05. The fourth-order valence-corrected chi connectivity index (χ4v) is 2.03. The maximum Gasteiger partial charge on any atom is 0.407 e. The minimum absolute atomic E-state index is 0.241. The van der Waals surface area contributed by atoms with E-state index in [1.54, 1.807) is 18.2 Å². The number of benzene rings is 2. The molecular formula is C19H19NO4. The van der Waals surface area contributed by atoms with Crippen LogP contribution in [0.15, 0.2) is 60.7 Å². The summed E-state index contributed by atoms with van der Waals surface area (Å²) in [6.07, 6.45) is 3.86. The van der Waals surface area contributed by atoms with Crippen LogP contribution in [0.25, 0.3) is 6.08 Å². The van der Waals surface area contributed by atoms with Crippen LogP contribution in [-0.2, 0) is 11.3 Å². The van der Waals surface area contributed by atoms with Gasteiger partial charge in [-0.3, -0.25) is 0 Å². The van der Waals surface area contributed by atoms with Crippen molar-refractivity contribution in [2.45, 2.75) is 13.0 Å². The number of hydrogen-bond donors (Lipinski definition) is 2. The van der Waals surface area contributed by atoms with Crippen LogP contribution < -0.4 is 5.32 Å². The van der Waals surface area contributed by atoms with Gasteiger partial charge in [-0.1, -0.05) is 54.6 Å². The third kappa shape index (κ3) is 5.96. The normalized spacial score (nSPS) is 10.5. The molecule has 0 aromatic heterocycles. The van der Waals surface area contributed by atoms with Gasteiger partial charge in [0.15, 0.2) is 0 Å². The summed E-state index contributed by atoms with van der Waals surface area (Å²) in [5, 5.41) is 11.6. The first kappa shape index (κ1) is 17.3. The van der Waals surface area contributed by atoms with Crippen molar-refractivity contribution in [1.29, 1.82) is 0 Å². The highest BCUT2D eigenvalue weighted by Gasteiger charge is 2.02. The number of carbonyl (C=O) groups excluding carboxylic acids is 1. The number of aromatic carboxylic acids is 1. The first-order valence-corrected chi connectivity index (χ1v) is 7.59. The molecule has 0 aliphatic carbocycles. The highest BCUT2D eigenvalue weighted by Crippen LogP contribution is 2.07. The molecule has 0 spiro atoms. The Kier molecular flexibility index (Phi) is 6.58. The molecule has 24 heavy (non-hydrogen) atoms. The van der Waals surface area contributed by atoms with Crippen LogP contribution in [0, 0.1) is 0 Å². The van der Waals surface area contributed by atoms with Crippen molar-refractivity contribution in [1.82, 2.24) is 5.32 Å². The van der Waals surface area contributed by atoms with Crippen molar-refractivity contribution in [3.63, 3.8) is 0 Å². The topological polar surface area (TPSA) is 75.6 Å². The smallest absolute Gasteiger partial charge is 0.407 e. The number of rotatable bonds is 7. The van der Waals surface area contributed by atoms with E-state index in [-0.39, 0.29) is 12.2 Å². The molecule has 5 heteroatoms. The van der Waals surface area contributed by atoms with Gasteiger partial charge in [-0.05, 0) is 29.7 Å². The number of amides is 1. The molecule has 5 nitrogen and oxygen atoms in total. The molecule has 0 unspecified atom stereocenters. The largest absolute Gasteiger partial charge is 0.478 e. The summed E-state index contributed by atoms with van der Waals surface area (Å²) in [4.78, 5) is 22.4. The van der Waals surface area contributed by atoms with Gasteiger partial charge in [-0.15, -0.1) is 0 Å². The maximum atomic E-state index is 11.5. The Morgan fingerprint density at radius 3 is 2.62 bits per heavy atom. The Balaban J connectivity index is 1.68. The molecule has 0 heterocycles. The van der Waals surface area contributed by atoms with Crippen molar-refractivity contribution in [3.05, 3.63) is 77.4 Å². The Hall–Kier alpha value is -3.08. The van der Waals surface area contributed by atoms with E-state index in [2.05, 4.69) is 5.32 Å². The van der Waals surface area contributed by atoms with E-state index < -0.39 is 12.1 Å². The number of ether oxygens (including phenoxy) is 1. The fraction of sp³-hybridized carbons (Fsp3) is 0.158. The monoisotopic (exact) mass is 325 g/mol. The summed E-state index contributed by atoms with van der Waals surface area (Å²) in [6.45, 7) is 0.688. The number of hydrogen-bond acceptors (Lipinski definition) is 3. The maximum absolute atomic E-state index is 11.5. The van der Waals surface area contributed by atoms with Gasteiger partial charge in [0.2, 0.25) is 0 Å². The predicted octanol–water partition coefficient (Wildman–Crippen LogP) is 3.71. The zero-order valence-corrected chi connectivity index (χ0v) is 13.1. The van der Waals surface area contributed by atoms with E-state index in [0.717, 1.165) is 11.1 Å². The van der Waals surface area contributed by atoms with E-state index in [1.165, 1.54) is 0 Å². The predicted molar refractivity (Wildman–Crippen MR) is 91.7 cm³/mol. The molecule has 0 aliphatic heterocycles. The molecule has 2 rings (SSSR count). The number of alkyl carbamates (subject to hydrolysis) is 1. The van der Waals surface area contributed by atoms with E-state index in [0.29, 0.717) is 13.0 Å². The van der Waals surface area contributed by atoms with Crippen molar-refractivity contribution in [3.8, 4) is 0 Å². The molecule has 0 atom stereocenters. The molecule has 2 N–H and O–H groups in total. The Morgan fingerprint density at radius 2 is 1.88 bits per heavy atom. The van der Waals surface area contributed by atoms with Gasteiger partial charge >= 0.3 is 12.1 Å². The fourth-order valence-electron chi connectivity index (χ4n) is 2.03. The van der Waals surface area contributed by atoms with Crippen molar-refractivity contribution >= 4 is 18.1 Å². The third-order valence-corrected chi connectivity index (χ3v) is 3.24. The molecule has 0 aliphatic rings. The summed E-state index contributed by atoms with van der Waals surface area (Å²) in [7, 11) is 0. The van der Waals surface area contributed by atoms with E-state index in [9.17, 15) is 9.59 Å². The van der Waals surface area contributed by atoms with Gasteiger partial charge in [-0.2, -0.15) is 0 Å². The van der Waals surface area contributed by atoms with Gasteiger partial charge in [0.1, 0.15) is 6.61 Å². The molecule has 0 saturated carbocycles. The molecule has 2 aromatic carbocycles. The van der Waals surface area contributed by atoms with Crippen LogP contribution in [0.3, 0.4) is 0 Å². The number of carboxylic acid groups (broad SMARTS) is 1. The minimum Gasteiger partial charge on any atom is -0.478 e. The summed E-state index contributed by atoms with van der Waals surface area (Å²) in [6, 6.07) is 16.1. The first-order chi connectivity index (χ1) is 11.6. The average molecular weight is 325 g/mol. The van der Waals surface area contributed by atoms with Crippen molar-refractivity contribution < 1.29 is 19.4 Å². The van der Waals surface area contributed by atoms with E-state index >= 15 is 0 Å². The molecule has 0 bridgehead atoms. The molecule has 0 fully saturated rings. The van der Waals surface area contributed by atoms with Crippen LogP contribution in [0.2, 0.25) is 0 Å². The average Bonchev–Trinajstić information content (AvgIpc) is 2.61. The number of carbonyl (C=O) groups is 2. The Bertz CT molecular complexity index is 710. The zero-order valence-electron chi connectivity index (χ0n) is 13.1. The number of carboxylic acids is 1. The van der Waals surface area contributed by atoms with E-state index in [4.69, 9.17) is 9.84 Å². The Morgan fingerprint density at radius 1 is 1.08 bits per heavy atom.